The van der Waals surface area contributed by atoms with Crippen molar-refractivity contribution in [2.45, 2.75) is 57.0 Å². The van der Waals surface area contributed by atoms with Crippen molar-refractivity contribution in [3.05, 3.63) is 53.6 Å². The van der Waals surface area contributed by atoms with Gasteiger partial charge in [-0.25, -0.2) is 4.79 Å². The third kappa shape index (κ3) is 4.60. The zero-order valence-electron chi connectivity index (χ0n) is 19.4. The van der Waals surface area contributed by atoms with Crippen LogP contribution in [-0.2, 0) is 11.2 Å². The van der Waals surface area contributed by atoms with Gasteiger partial charge in [0.05, 0.1) is 6.04 Å². The van der Waals surface area contributed by atoms with Gasteiger partial charge in [0, 0.05) is 6.54 Å². The normalized spacial score (nSPS) is 28.3. The van der Waals surface area contributed by atoms with Crippen molar-refractivity contribution in [2.75, 3.05) is 19.6 Å². The average Bonchev–Trinajstić information content (AvgIpc) is 3.61. The molecule has 35 heavy (non-hydrogen) atoms. The topological polar surface area (TPSA) is 50.8 Å². The Bertz CT molecular complexity index is 1120. The van der Waals surface area contributed by atoms with Gasteiger partial charge in [0.25, 0.3) is 0 Å². The fourth-order valence-corrected chi connectivity index (χ4v) is 6.28. The largest absolute Gasteiger partial charge is 0.573 e. The van der Waals surface area contributed by atoms with Gasteiger partial charge >= 0.3 is 12.5 Å². The number of aryl methyl sites for hydroxylation is 1. The molecule has 1 amide bonds. The van der Waals surface area contributed by atoms with Crippen molar-refractivity contribution < 1.29 is 27.4 Å². The lowest BCUT2D eigenvalue weighted by Crippen LogP contribution is -2.53. The minimum absolute atomic E-state index is 0.0377. The Morgan fingerprint density at radius 1 is 1.03 bits per heavy atom. The number of nitrogens with zero attached hydrogens (tertiary/aromatic N) is 1. The maximum atomic E-state index is 13.0. The molecule has 3 heterocycles. The second kappa shape index (κ2) is 8.43. The molecule has 3 aliphatic heterocycles. The summed E-state index contributed by atoms with van der Waals surface area (Å²) in [5.74, 6) is 0.221. The Labute approximate surface area is 202 Å². The highest BCUT2D eigenvalue weighted by Gasteiger charge is 2.53. The van der Waals surface area contributed by atoms with Crippen molar-refractivity contribution in [2.24, 2.45) is 11.3 Å². The van der Waals surface area contributed by atoms with E-state index in [0.29, 0.717) is 11.5 Å². The first-order valence-corrected chi connectivity index (χ1v) is 12.5. The van der Waals surface area contributed by atoms with Crippen molar-refractivity contribution in [3.63, 3.8) is 0 Å². The number of alkyl carbamates (subject to hydrolysis) is 1. The summed E-state index contributed by atoms with van der Waals surface area (Å²) in [7, 11) is 0. The number of piperidine rings is 3. The Balaban J connectivity index is 1.21. The van der Waals surface area contributed by atoms with Crippen LogP contribution < -0.4 is 10.1 Å². The molecule has 1 unspecified atom stereocenters. The molecule has 2 aromatic carbocycles. The SMILES string of the molecule is O=C(NC1c2ccc(-c3cccc(OC(F)(F)F)c3)cc2CCC12CC2)O[C@@H]1CN2CCC1CC2. The smallest absolute Gasteiger partial charge is 0.445 e. The lowest BCUT2D eigenvalue weighted by atomic mass is 9.76. The van der Waals surface area contributed by atoms with E-state index < -0.39 is 6.36 Å². The first kappa shape index (κ1) is 22.7. The second-order valence-corrected chi connectivity index (χ2v) is 10.5. The highest BCUT2D eigenvalue weighted by Crippen LogP contribution is 2.61. The fourth-order valence-electron chi connectivity index (χ4n) is 6.28. The molecule has 5 nitrogen and oxygen atoms in total. The van der Waals surface area contributed by atoms with Gasteiger partial charge in [-0.05, 0) is 97.3 Å². The summed E-state index contributed by atoms with van der Waals surface area (Å²) >= 11 is 0. The number of rotatable bonds is 4. The molecule has 2 bridgehead atoms. The van der Waals surface area contributed by atoms with Crippen molar-refractivity contribution >= 4 is 6.09 Å². The zero-order chi connectivity index (χ0) is 24.2. The first-order chi connectivity index (χ1) is 16.8. The van der Waals surface area contributed by atoms with Crippen LogP contribution in [0.15, 0.2) is 42.5 Å². The van der Waals surface area contributed by atoms with Gasteiger partial charge in [-0.1, -0.05) is 30.3 Å². The van der Waals surface area contributed by atoms with Crippen LogP contribution in [0.2, 0.25) is 0 Å². The molecule has 5 aliphatic rings. The quantitative estimate of drug-likeness (QED) is 0.590. The molecule has 186 valence electrons. The summed E-state index contributed by atoms with van der Waals surface area (Å²) in [4.78, 5) is 15.3. The van der Waals surface area contributed by atoms with Crippen LogP contribution in [0.4, 0.5) is 18.0 Å². The Hall–Kier alpha value is -2.74. The molecular weight excluding hydrogens is 457 g/mol. The molecule has 0 aromatic heterocycles. The summed E-state index contributed by atoms with van der Waals surface area (Å²) in [5, 5.41) is 3.20. The van der Waals surface area contributed by atoms with Gasteiger partial charge in [0.15, 0.2) is 0 Å². The molecule has 1 N–H and O–H groups in total. The van der Waals surface area contributed by atoms with Crippen LogP contribution in [0.1, 0.15) is 49.3 Å². The van der Waals surface area contributed by atoms with E-state index in [-0.39, 0.29) is 29.4 Å². The number of hydrogen-bond acceptors (Lipinski definition) is 4. The maximum Gasteiger partial charge on any atom is 0.573 e. The minimum atomic E-state index is -4.73. The summed E-state index contributed by atoms with van der Waals surface area (Å²) in [6, 6.07) is 11.9. The Morgan fingerprint density at radius 2 is 1.80 bits per heavy atom. The molecule has 2 aliphatic carbocycles. The summed E-state index contributed by atoms with van der Waals surface area (Å²) < 4.78 is 47.9. The van der Waals surface area contributed by atoms with Crippen LogP contribution >= 0.6 is 0 Å². The number of benzene rings is 2. The predicted molar refractivity (Wildman–Crippen MR) is 124 cm³/mol. The molecule has 3 saturated heterocycles. The maximum absolute atomic E-state index is 13.0. The van der Waals surface area contributed by atoms with E-state index in [0.717, 1.165) is 74.8 Å². The van der Waals surface area contributed by atoms with Crippen LogP contribution in [0, 0.1) is 11.3 Å². The van der Waals surface area contributed by atoms with Gasteiger partial charge < -0.3 is 14.8 Å². The van der Waals surface area contributed by atoms with E-state index in [2.05, 4.69) is 15.0 Å². The number of ether oxygens (including phenoxy) is 2. The van der Waals surface area contributed by atoms with Crippen molar-refractivity contribution in [3.8, 4) is 16.9 Å². The van der Waals surface area contributed by atoms with Crippen LogP contribution in [0.25, 0.3) is 11.1 Å². The highest BCUT2D eigenvalue weighted by atomic mass is 19.4. The molecule has 2 atom stereocenters. The summed E-state index contributed by atoms with van der Waals surface area (Å²) in [5.41, 5.74) is 3.79. The van der Waals surface area contributed by atoms with E-state index >= 15 is 0 Å². The van der Waals surface area contributed by atoms with Crippen molar-refractivity contribution in [1.29, 1.82) is 0 Å². The molecular formula is C27H29F3N2O3. The van der Waals surface area contributed by atoms with Crippen LogP contribution in [-0.4, -0.2) is 43.1 Å². The van der Waals surface area contributed by atoms with Gasteiger partial charge in [0.2, 0.25) is 0 Å². The summed E-state index contributed by atoms with van der Waals surface area (Å²) in [6.07, 6.45) is 1.09. The molecule has 1 saturated carbocycles. The number of hydrogen-bond donors (Lipinski definition) is 1. The molecule has 0 radical (unpaired) electrons. The number of carbonyl (C=O) groups excluding carboxylic acids is 1. The van der Waals surface area contributed by atoms with E-state index in [9.17, 15) is 18.0 Å². The lowest BCUT2D eigenvalue weighted by molar-refractivity contribution is -0.274. The molecule has 7 rings (SSSR count). The van der Waals surface area contributed by atoms with Gasteiger partial charge in [-0.2, -0.15) is 0 Å². The number of amides is 1. The number of alkyl halides is 3. The Morgan fingerprint density at radius 3 is 2.49 bits per heavy atom. The van der Waals surface area contributed by atoms with Gasteiger partial charge in [0.1, 0.15) is 11.9 Å². The standard InChI is InChI=1S/C27H29F3N2O3/c28-27(29,30)35-21-3-1-2-18(15-21)19-4-5-22-20(14-19)6-9-26(10-11-26)24(22)31-25(33)34-23-16-32-12-7-17(23)8-13-32/h1-5,14-15,17,23-24H,6-13,16H2,(H,31,33)/t23-,24?/m1/s1. The van der Waals surface area contributed by atoms with E-state index in [4.69, 9.17) is 4.74 Å². The van der Waals surface area contributed by atoms with Crippen molar-refractivity contribution in [1.82, 2.24) is 10.2 Å². The lowest BCUT2D eigenvalue weighted by Gasteiger charge is -2.44. The molecule has 8 heteroatoms. The Kier molecular flexibility index (Phi) is 5.47. The second-order valence-electron chi connectivity index (χ2n) is 10.5. The monoisotopic (exact) mass is 486 g/mol. The number of carbonyl (C=O) groups is 1. The number of halogens is 3. The van der Waals surface area contributed by atoms with Gasteiger partial charge in [-0.15, -0.1) is 13.2 Å². The number of nitrogens with one attached hydrogen (secondary N) is 1. The average molecular weight is 487 g/mol. The first-order valence-electron chi connectivity index (χ1n) is 12.5. The van der Waals surface area contributed by atoms with Crippen LogP contribution in [0.5, 0.6) is 5.75 Å². The molecule has 4 fully saturated rings. The molecule has 1 spiro atoms. The van der Waals surface area contributed by atoms with Gasteiger partial charge in [-0.3, -0.25) is 4.90 Å². The van der Waals surface area contributed by atoms with E-state index in [1.807, 2.05) is 18.2 Å². The zero-order valence-corrected chi connectivity index (χ0v) is 19.4. The van der Waals surface area contributed by atoms with E-state index in [1.165, 1.54) is 12.1 Å². The highest BCUT2D eigenvalue weighted by molar-refractivity contribution is 5.70. The summed E-state index contributed by atoms with van der Waals surface area (Å²) in [6.45, 7) is 3.02. The van der Waals surface area contributed by atoms with E-state index in [1.54, 1.807) is 12.1 Å². The number of fused-ring (bicyclic) bond motifs is 4. The fraction of sp³-hybridized carbons (Fsp3) is 0.519. The predicted octanol–water partition coefficient (Wildman–Crippen LogP) is 5.84. The third-order valence-electron chi connectivity index (χ3n) is 8.37. The van der Waals surface area contributed by atoms with Crippen LogP contribution in [0.3, 0.4) is 0 Å². The molecule has 2 aromatic rings. The minimum Gasteiger partial charge on any atom is -0.445 e. The third-order valence-corrected chi connectivity index (χ3v) is 8.37.